The first kappa shape index (κ1) is 15.5. The average Bonchev–Trinajstić information content (AvgIpc) is 2.88. The molecule has 0 radical (unpaired) electrons. The molecule has 1 spiro atoms. The van der Waals surface area contributed by atoms with Crippen LogP contribution in [-0.4, -0.2) is 29.8 Å². The van der Waals surface area contributed by atoms with E-state index in [0.717, 1.165) is 42.9 Å². The molecule has 0 aliphatic carbocycles. The molecule has 1 aromatic rings. The van der Waals surface area contributed by atoms with Crippen molar-refractivity contribution in [1.82, 2.24) is 0 Å². The van der Waals surface area contributed by atoms with Gasteiger partial charge in [-0.1, -0.05) is 11.6 Å². The highest BCUT2D eigenvalue weighted by Crippen LogP contribution is 2.40. The summed E-state index contributed by atoms with van der Waals surface area (Å²) >= 11 is 8.05. The van der Waals surface area contributed by atoms with Crippen LogP contribution >= 0.6 is 23.4 Å². The molecule has 116 valence electrons. The lowest BCUT2D eigenvalue weighted by Gasteiger charge is -2.38. The van der Waals surface area contributed by atoms with Gasteiger partial charge in [-0.3, -0.25) is 0 Å². The zero-order chi connectivity index (χ0) is 14.9. The molecule has 2 fully saturated rings. The van der Waals surface area contributed by atoms with Gasteiger partial charge in [-0.05, 0) is 37.3 Å². The van der Waals surface area contributed by atoms with Gasteiger partial charge in [0.1, 0.15) is 11.9 Å². The normalized spacial score (nSPS) is 30.5. The van der Waals surface area contributed by atoms with E-state index in [0.29, 0.717) is 5.02 Å². The van der Waals surface area contributed by atoms with Crippen LogP contribution in [0.25, 0.3) is 0 Å². The Morgan fingerprint density at radius 1 is 1.52 bits per heavy atom. The van der Waals surface area contributed by atoms with Crippen molar-refractivity contribution in [2.75, 3.05) is 18.1 Å². The summed E-state index contributed by atoms with van der Waals surface area (Å²) in [5.41, 5.74) is 7.05. The quantitative estimate of drug-likeness (QED) is 0.917. The van der Waals surface area contributed by atoms with Crippen LogP contribution in [0.2, 0.25) is 5.02 Å². The zero-order valence-corrected chi connectivity index (χ0v) is 13.9. The number of nitrogens with two attached hydrogens (primary N) is 1. The molecule has 0 amide bonds. The van der Waals surface area contributed by atoms with E-state index >= 15 is 0 Å². The fourth-order valence-electron chi connectivity index (χ4n) is 3.11. The first-order chi connectivity index (χ1) is 10.1. The van der Waals surface area contributed by atoms with Crippen LogP contribution in [0.3, 0.4) is 0 Å². The zero-order valence-electron chi connectivity index (χ0n) is 12.3. The second kappa shape index (κ2) is 6.37. The minimum Gasteiger partial charge on any atom is -0.490 e. The highest BCUT2D eigenvalue weighted by molar-refractivity contribution is 7.99. The van der Waals surface area contributed by atoms with Crippen molar-refractivity contribution in [2.24, 2.45) is 5.73 Å². The molecule has 2 N–H and O–H groups in total. The standard InChI is InChI=1S/C16H22ClNO2S/c1-11(18)14-8-12(17)2-3-15(14)20-13-4-6-19-16(9-13)5-7-21-10-16/h2-3,8,11,13H,4-7,9-10,18H2,1H3/t11-,13?,16?/m0/s1. The van der Waals surface area contributed by atoms with Gasteiger partial charge in [0.25, 0.3) is 0 Å². The maximum Gasteiger partial charge on any atom is 0.124 e. The predicted molar refractivity (Wildman–Crippen MR) is 88.3 cm³/mol. The van der Waals surface area contributed by atoms with Crippen molar-refractivity contribution >= 4 is 23.4 Å². The highest BCUT2D eigenvalue weighted by atomic mass is 35.5. The SMILES string of the molecule is C[C@H](N)c1cc(Cl)ccc1OC1CCOC2(CCSC2)C1. The second-order valence-electron chi connectivity index (χ2n) is 6.04. The number of benzene rings is 1. The first-order valence-corrected chi connectivity index (χ1v) is 9.05. The molecule has 2 heterocycles. The summed E-state index contributed by atoms with van der Waals surface area (Å²) < 4.78 is 12.3. The fourth-order valence-corrected chi connectivity index (χ4v) is 4.67. The minimum atomic E-state index is -0.0884. The van der Waals surface area contributed by atoms with Crippen molar-refractivity contribution in [2.45, 2.75) is 43.9 Å². The van der Waals surface area contributed by atoms with Gasteiger partial charge < -0.3 is 15.2 Å². The molecule has 1 aromatic carbocycles. The van der Waals surface area contributed by atoms with Crippen molar-refractivity contribution in [3.63, 3.8) is 0 Å². The summed E-state index contributed by atoms with van der Waals surface area (Å²) in [6.07, 6.45) is 3.25. The largest absolute Gasteiger partial charge is 0.490 e. The molecule has 3 nitrogen and oxygen atoms in total. The number of thioether (sulfide) groups is 1. The maximum absolute atomic E-state index is 6.26. The summed E-state index contributed by atoms with van der Waals surface area (Å²) in [5, 5.41) is 0.699. The van der Waals surface area contributed by atoms with E-state index in [4.69, 9.17) is 26.8 Å². The Hall–Kier alpha value is -0.420. The van der Waals surface area contributed by atoms with Crippen LogP contribution in [0.1, 0.15) is 37.8 Å². The number of hydrogen-bond donors (Lipinski definition) is 1. The van der Waals surface area contributed by atoms with Crippen molar-refractivity contribution in [3.8, 4) is 5.75 Å². The molecule has 2 aliphatic rings. The Morgan fingerprint density at radius 3 is 3.10 bits per heavy atom. The van der Waals surface area contributed by atoms with Crippen LogP contribution in [-0.2, 0) is 4.74 Å². The summed E-state index contributed by atoms with van der Waals surface area (Å²) in [5.74, 6) is 3.15. The fraction of sp³-hybridized carbons (Fsp3) is 0.625. The van der Waals surface area contributed by atoms with Crippen molar-refractivity contribution < 1.29 is 9.47 Å². The Balaban J connectivity index is 1.74. The molecule has 0 bridgehead atoms. The van der Waals surface area contributed by atoms with Crippen LogP contribution in [0.15, 0.2) is 18.2 Å². The second-order valence-corrected chi connectivity index (χ2v) is 7.58. The predicted octanol–water partition coefficient (Wildman–Crippen LogP) is 3.79. The lowest BCUT2D eigenvalue weighted by atomic mass is 9.91. The molecule has 2 aliphatic heterocycles. The van der Waals surface area contributed by atoms with Gasteiger partial charge >= 0.3 is 0 Å². The lowest BCUT2D eigenvalue weighted by Crippen LogP contribution is -2.44. The van der Waals surface area contributed by atoms with Gasteiger partial charge in [0.2, 0.25) is 0 Å². The van der Waals surface area contributed by atoms with E-state index in [1.165, 1.54) is 5.75 Å². The molecule has 0 aromatic heterocycles. The Morgan fingerprint density at radius 2 is 2.38 bits per heavy atom. The Labute approximate surface area is 135 Å². The maximum atomic E-state index is 6.26. The van der Waals surface area contributed by atoms with E-state index in [9.17, 15) is 0 Å². The van der Waals surface area contributed by atoms with Crippen LogP contribution in [0.5, 0.6) is 5.75 Å². The number of halogens is 1. The van der Waals surface area contributed by atoms with Crippen LogP contribution in [0, 0.1) is 0 Å². The third-order valence-electron chi connectivity index (χ3n) is 4.27. The van der Waals surface area contributed by atoms with Gasteiger partial charge in [0.05, 0.1) is 12.2 Å². The Bertz CT molecular complexity index is 503. The van der Waals surface area contributed by atoms with Crippen LogP contribution < -0.4 is 10.5 Å². The minimum absolute atomic E-state index is 0.0362. The summed E-state index contributed by atoms with van der Waals surface area (Å²) in [6, 6.07) is 5.62. The number of ether oxygens (including phenoxy) is 2. The van der Waals surface area contributed by atoms with E-state index in [2.05, 4.69) is 0 Å². The third kappa shape index (κ3) is 3.50. The van der Waals surface area contributed by atoms with Gasteiger partial charge in [-0.15, -0.1) is 0 Å². The summed E-state index contributed by atoms with van der Waals surface area (Å²) in [7, 11) is 0. The van der Waals surface area contributed by atoms with E-state index in [1.54, 1.807) is 0 Å². The van der Waals surface area contributed by atoms with Gasteiger partial charge in [-0.2, -0.15) is 11.8 Å². The molecular weight excluding hydrogens is 306 g/mol. The molecule has 2 unspecified atom stereocenters. The highest BCUT2D eigenvalue weighted by Gasteiger charge is 2.41. The molecule has 21 heavy (non-hydrogen) atoms. The van der Waals surface area contributed by atoms with E-state index in [1.807, 2.05) is 36.9 Å². The monoisotopic (exact) mass is 327 g/mol. The molecule has 2 saturated heterocycles. The smallest absolute Gasteiger partial charge is 0.124 e. The first-order valence-electron chi connectivity index (χ1n) is 7.51. The lowest BCUT2D eigenvalue weighted by molar-refractivity contribution is -0.0960. The van der Waals surface area contributed by atoms with Crippen molar-refractivity contribution in [1.29, 1.82) is 0 Å². The third-order valence-corrected chi connectivity index (χ3v) is 5.73. The molecule has 0 saturated carbocycles. The van der Waals surface area contributed by atoms with Gasteiger partial charge in [-0.25, -0.2) is 0 Å². The number of hydrogen-bond acceptors (Lipinski definition) is 4. The number of rotatable bonds is 3. The van der Waals surface area contributed by atoms with E-state index < -0.39 is 0 Å². The molecule has 3 rings (SSSR count). The van der Waals surface area contributed by atoms with Gasteiger partial charge in [0.15, 0.2) is 0 Å². The summed E-state index contributed by atoms with van der Waals surface area (Å²) in [6.45, 7) is 2.74. The Kier molecular flexibility index (Phi) is 4.69. The summed E-state index contributed by atoms with van der Waals surface area (Å²) in [4.78, 5) is 0. The van der Waals surface area contributed by atoms with Crippen LogP contribution in [0.4, 0.5) is 0 Å². The van der Waals surface area contributed by atoms with E-state index in [-0.39, 0.29) is 17.7 Å². The van der Waals surface area contributed by atoms with Crippen molar-refractivity contribution in [3.05, 3.63) is 28.8 Å². The topological polar surface area (TPSA) is 44.5 Å². The molecule has 3 atom stereocenters. The molecule has 5 heteroatoms. The molecular formula is C16H22ClNO2S. The van der Waals surface area contributed by atoms with Gasteiger partial charge in [0, 0.05) is 35.2 Å². The average molecular weight is 328 g/mol.